The van der Waals surface area contributed by atoms with Crippen LogP contribution in [0.15, 0.2) is 24.3 Å². The number of hydrogen-bond donors (Lipinski definition) is 2. The lowest BCUT2D eigenvalue weighted by Gasteiger charge is -2.15. The molecule has 1 amide bonds. The molecular formula is C15H24N2OS. The van der Waals surface area contributed by atoms with Crippen molar-refractivity contribution in [3.8, 4) is 0 Å². The second-order valence-corrected chi connectivity index (χ2v) is 5.95. The molecular weight excluding hydrogens is 256 g/mol. The Morgan fingerprint density at radius 2 is 2.16 bits per heavy atom. The Morgan fingerprint density at radius 1 is 1.42 bits per heavy atom. The molecule has 3 nitrogen and oxygen atoms in total. The summed E-state index contributed by atoms with van der Waals surface area (Å²) in [6.45, 7) is 4.77. The lowest BCUT2D eigenvalue weighted by molar-refractivity contribution is 0.0938. The Bertz CT molecular complexity index is 395. The summed E-state index contributed by atoms with van der Waals surface area (Å²) >= 11 is 1.90. The van der Waals surface area contributed by atoms with Gasteiger partial charge in [-0.3, -0.25) is 4.79 Å². The zero-order chi connectivity index (χ0) is 14.1. The second kappa shape index (κ2) is 8.99. The number of carbonyl (C=O) groups excluding carboxylic acids is 1. The molecule has 0 aromatic heterocycles. The van der Waals surface area contributed by atoms with E-state index >= 15 is 0 Å². The van der Waals surface area contributed by atoms with Crippen LogP contribution < -0.4 is 11.1 Å². The molecule has 0 bridgehead atoms. The average molecular weight is 280 g/mol. The van der Waals surface area contributed by atoms with E-state index in [9.17, 15) is 4.79 Å². The molecule has 106 valence electrons. The maximum atomic E-state index is 12.2. The summed E-state index contributed by atoms with van der Waals surface area (Å²) in [5.74, 6) is 2.22. The molecule has 0 radical (unpaired) electrons. The molecule has 1 aromatic rings. The highest BCUT2D eigenvalue weighted by Gasteiger charge is 2.12. The molecule has 0 saturated carbocycles. The van der Waals surface area contributed by atoms with Gasteiger partial charge >= 0.3 is 0 Å². The Kier molecular flexibility index (Phi) is 7.60. The van der Waals surface area contributed by atoms with Crippen LogP contribution in [0.5, 0.6) is 0 Å². The van der Waals surface area contributed by atoms with E-state index in [0.29, 0.717) is 6.54 Å². The number of nitrogens with one attached hydrogen (secondary N) is 1. The van der Waals surface area contributed by atoms with Gasteiger partial charge in [0, 0.05) is 11.6 Å². The quantitative estimate of drug-likeness (QED) is 0.719. The van der Waals surface area contributed by atoms with Crippen molar-refractivity contribution >= 4 is 17.7 Å². The maximum absolute atomic E-state index is 12.2. The highest BCUT2D eigenvalue weighted by Crippen LogP contribution is 2.10. The molecule has 1 rings (SSSR count). The zero-order valence-corrected chi connectivity index (χ0v) is 12.6. The summed E-state index contributed by atoms with van der Waals surface area (Å²) in [5, 5.41) is 3.06. The fourth-order valence-corrected chi connectivity index (χ4v) is 2.70. The van der Waals surface area contributed by atoms with Crippen LogP contribution in [0.1, 0.15) is 36.2 Å². The number of hydrogen-bond acceptors (Lipinski definition) is 3. The van der Waals surface area contributed by atoms with Crippen molar-refractivity contribution in [1.29, 1.82) is 0 Å². The molecule has 1 atom stereocenters. The van der Waals surface area contributed by atoms with Gasteiger partial charge in [-0.15, -0.1) is 0 Å². The molecule has 0 spiro atoms. The van der Waals surface area contributed by atoms with Crippen LogP contribution in [-0.2, 0) is 6.42 Å². The van der Waals surface area contributed by atoms with E-state index in [1.165, 1.54) is 0 Å². The molecule has 0 aliphatic carbocycles. The summed E-state index contributed by atoms with van der Waals surface area (Å²) in [6.07, 6.45) is 1.74. The molecule has 19 heavy (non-hydrogen) atoms. The molecule has 0 fully saturated rings. The van der Waals surface area contributed by atoms with Crippen LogP contribution in [0.25, 0.3) is 0 Å². The number of carbonyl (C=O) groups is 1. The van der Waals surface area contributed by atoms with Crippen LogP contribution in [0.3, 0.4) is 0 Å². The molecule has 1 aromatic carbocycles. The first-order chi connectivity index (χ1) is 9.19. The summed E-state index contributed by atoms with van der Waals surface area (Å²) in [7, 11) is 0. The Morgan fingerprint density at radius 3 is 2.84 bits per heavy atom. The second-order valence-electron chi connectivity index (χ2n) is 4.56. The van der Waals surface area contributed by atoms with E-state index in [1.54, 1.807) is 0 Å². The van der Waals surface area contributed by atoms with E-state index in [-0.39, 0.29) is 11.9 Å². The average Bonchev–Trinajstić information content (AvgIpc) is 2.40. The third-order valence-corrected chi connectivity index (χ3v) is 3.89. The SMILES string of the molecule is CCSCCC(C)NC(=O)c1ccccc1CCN. The van der Waals surface area contributed by atoms with Gasteiger partial charge in [0.15, 0.2) is 0 Å². The predicted octanol–water partition coefficient (Wildman–Crippen LogP) is 2.45. The number of thioether (sulfide) groups is 1. The molecule has 4 heteroatoms. The first kappa shape index (κ1) is 16.1. The van der Waals surface area contributed by atoms with Crippen molar-refractivity contribution in [1.82, 2.24) is 5.32 Å². The smallest absolute Gasteiger partial charge is 0.251 e. The minimum absolute atomic E-state index is 0.0121. The van der Waals surface area contributed by atoms with Gasteiger partial charge in [0.1, 0.15) is 0 Å². The van der Waals surface area contributed by atoms with Gasteiger partial charge in [-0.05, 0) is 49.4 Å². The number of benzene rings is 1. The summed E-state index contributed by atoms with van der Waals surface area (Å²) in [4.78, 5) is 12.2. The fraction of sp³-hybridized carbons (Fsp3) is 0.533. The third kappa shape index (κ3) is 5.66. The van der Waals surface area contributed by atoms with Crippen molar-refractivity contribution in [3.63, 3.8) is 0 Å². The van der Waals surface area contributed by atoms with Crippen LogP contribution in [-0.4, -0.2) is 30.0 Å². The summed E-state index contributed by atoms with van der Waals surface area (Å²) < 4.78 is 0. The van der Waals surface area contributed by atoms with E-state index in [2.05, 4.69) is 19.2 Å². The van der Waals surface area contributed by atoms with Gasteiger partial charge in [-0.2, -0.15) is 11.8 Å². The predicted molar refractivity (Wildman–Crippen MR) is 83.7 cm³/mol. The lowest BCUT2D eigenvalue weighted by Crippen LogP contribution is -2.33. The summed E-state index contributed by atoms with van der Waals surface area (Å²) in [5.41, 5.74) is 7.36. The normalized spacial score (nSPS) is 12.2. The fourth-order valence-electron chi connectivity index (χ4n) is 1.89. The number of amides is 1. The van der Waals surface area contributed by atoms with E-state index in [4.69, 9.17) is 5.73 Å². The molecule has 0 saturated heterocycles. The third-order valence-electron chi connectivity index (χ3n) is 2.95. The van der Waals surface area contributed by atoms with Crippen molar-refractivity contribution in [2.75, 3.05) is 18.1 Å². The topological polar surface area (TPSA) is 55.1 Å². The van der Waals surface area contributed by atoms with Crippen molar-refractivity contribution in [3.05, 3.63) is 35.4 Å². The largest absolute Gasteiger partial charge is 0.350 e. The maximum Gasteiger partial charge on any atom is 0.251 e. The van der Waals surface area contributed by atoms with Crippen molar-refractivity contribution in [2.24, 2.45) is 5.73 Å². The Labute approximate surface area is 120 Å². The molecule has 3 N–H and O–H groups in total. The van der Waals surface area contributed by atoms with Crippen molar-refractivity contribution < 1.29 is 4.79 Å². The van der Waals surface area contributed by atoms with Crippen LogP contribution in [0, 0.1) is 0 Å². The van der Waals surface area contributed by atoms with E-state index < -0.39 is 0 Å². The Hall–Kier alpha value is -1.00. The summed E-state index contributed by atoms with van der Waals surface area (Å²) in [6, 6.07) is 7.89. The lowest BCUT2D eigenvalue weighted by atomic mass is 10.0. The van der Waals surface area contributed by atoms with Crippen LogP contribution >= 0.6 is 11.8 Å². The molecule has 0 aliphatic rings. The number of rotatable bonds is 8. The highest BCUT2D eigenvalue weighted by molar-refractivity contribution is 7.99. The van der Waals surface area contributed by atoms with Gasteiger partial charge in [-0.1, -0.05) is 25.1 Å². The van der Waals surface area contributed by atoms with Gasteiger partial charge < -0.3 is 11.1 Å². The van der Waals surface area contributed by atoms with E-state index in [0.717, 1.165) is 35.5 Å². The minimum atomic E-state index is 0.0121. The monoisotopic (exact) mass is 280 g/mol. The van der Waals surface area contributed by atoms with Crippen molar-refractivity contribution in [2.45, 2.75) is 32.7 Å². The zero-order valence-electron chi connectivity index (χ0n) is 11.8. The highest BCUT2D eigenvalue weighted by atomic mass is 32.2. The van der Waals surface area contributed by atoms with Gasteiger partial charge in [0.05, 0.1) is 0 Å². The van der Waals surface area contributed by atoms with Crippen LogP contribution in [0.4, 0.5) is 0 Å². The first-order valence-electron chi connectivity index (χ1n) is 6.85. The molecule has 0 heterocycles. The first-order valence-corrected chi connectivity index (χ1v) is 8.01. The van der Waals surface area contributed by atoms with Crippen LogP contribution in [0.2, 0.25) is 0 Å². The Balaban J connectivity index is 2.57. The molecule has 0 aliphatic heterocycles. The minimum Gasteiger partial charge on any atom is -0.350 e. The standard InChI is InChI=1S/C15H24N2OS/c1-3-19-11-9-12(2)17-15(18)14-7-5-4-6-13(14)8-10-16/h4-7,12H,3,8-11,16H2,1-2H3,(H,17,18). The number of nitrogens with two attached hydrogens (primary N) is 1. The van der Waals surface area contributed by atoms with Gasteiger partial charge in [0.25, 0.3) is 5.91 Å². The van der Waals surface area contributed by atoms with E-state index in [1.807, 2.05) is 36.0 Å². The molecule has 1 unspecified atom stereocenters. The van der Waals surface area contributed by atoms with Gasteiger partial charge in [0.2, 0.25) is 0 Å². The van der Waals surface area contributed by atoms with Gasteiger partial charge in [-0.25, -0.2) is 0 Å².